The SMILES string of the molecule is CCCCCCCCCC/C=C\CCCCCCCCCCCC(=O)NC(COC1OC(CO)C(OC2OC(CO)C(OC3OC(CO)C(O)C(O)C3O)C(O)C2O)C(O)C1O)C(O)/C=C/CCCCCCCCCCCC. The molecule has 0 aromatic rings. The number of allylic oxidation sites excluding steroid dienone is 3. The van der Waals surface area contributed by atoms with Gasteiger partial charge in [0.1, 0.15) is 73.2 Å². The summed E-state index contributed by atoms with van der Waals surface area (Å²) < 4.78 is 34.2. The number of aliphatic hydroxyl groups is 11. The van der Waals surface area contributed by atoms with Crippen LogP contribution in [0.1, 0.15) is 213 Å². The molecule has 78 heavy (non-hydrogen) atoms. The second-order valence-electron chi connectivity index (χ2n) is 22.2. The lowest BCUT2D eigenvalue weighted by molar-refractivity contribution is -0.379. The first-order chi connectivity index (χ1) is 37.8. The fourth-order valence-corrected chi connectivity index (χ4v) is 10.4. The van der Waals surface area contributed by atoms with E-state index in [0.29, 0.717) is 6.42 Å². The number of hydrogen-bond donors (Lipinski definition) is 12. The van der Waals surface area contributed by atoms with Crippen molar-refractivity contribution in [2.24, 2.45) is 0 Å². The number of ether oxygens (including phenoxy) is 6. The van der Waals surface area contributed by atoms with Gasteiger partial charge in [0, 0.05) is 6.42 Å². The number of rotatable bonds is 45. The lowest BCUT2D eigenvalue weighted by atomic mass is 9.96. The van der Waals surface area contributed by atoms with E-state index in [1.165, 1.54) is 135 Å². The molecule has 19 heteroatoms. The highest BCUT2D eigenvalue weighted by molar-refractivity contribution is 5.76. The number of aliphatic hydroxyl groups excluding tert-OH is 11. The molecule has 0 saturated carbocycles. The van der Waals surface area contributed by atoms with Crippen molar-refractivity contribution in [1.82, 2.24) is 5.32 Å². The van der Waals surface area contributed by atoms with Gasteiger partial charge in [0.15, 0.2) is 18.9 Å². The zero-order valence-corrected chi connectivity index (χ0v) is 47.7. The van der Waals surface area contributed by atoms with Crippen LogP contribution in [-0.4, -0.2) is 193 Å². The molecule has 19 nitrogen and oxygen atoms in total. The Kier molecular flexibility index (Phi) is 38.9. The van der Waals surface area contributed by atoms with Gasteiger partial charge in [-0.15, -0.1) is 0 Å². The topological polar surface area (TPSA) is 307 Å². The molecule has 0 aromatic heterocycles. The van der Waals surface area contributed by atoms with Gasteiger partial charge in [0.25, 0.3) is 0 Å². The largest absolute Gasteiger partial charge is 0.394 e. The van der Waals surface area contributed by atoms with E-state index in [1.807, 2.05) is 6.08 Å². The molecular weight excluding hydrogens is 1010 g/mol. The normalized spacial score (nSPS) is 30.6. The standard InChI is InChI=1S/C59H109NO18/c1-3-5-7-9-11-13-15-17-18-19-20-21-22-23-24-25-27-29-31-33-35-37-47(65)60-42(43(64)36-34-32-30-28-26-16-14-12-10-8-6-4-2)41-73-57-53(71)50(68)55(45(39-62)75-57)78-59-54(72)51(69)56(46(40-63)76-59)77-58-52(70)49(67)48(66)44(38-61)74-58/h19-20,34,36,42-46,48-59,61-64,66-72H,3-18,21-33,35,37-41H2,1-2H3,(H,60,65)/b20-19-,36-34+. The summed E-state index contributed by atoms with van der Waals surface area (Å²) in [6.07, 6.45) is 17.3. The van der Waals surface area contributed by atoms with E-state index in [4.69, 9.17) is 28.4 Å². The van der Waals surface area contributed by atoms with Crippen molar-refractivity contribution in [3.05, 3.63) is 24.3 Å². The van der Waals surface area contributed by atoms with Crippen molar-refractivity contribution in [1.29, 1.82) is 0 Å². The lowest BCUT2D eigenvalue weighted by Crippen LogP contribution is -2.66. The minimum atomic E-state index is -1.98. The third-order valence-corrected chi connectivity index (χ3v) is 15.5. The Morgan fingerprint density at radius 3 is 1.24 bits per heavy atom. The average Bonchev–Trinajstić information content (AvgIpc) is 3.46. The molecule has 0 bridgehead atoms. The number of amides is 1. The van der Waals surface area contributed by atoms with E-state index in [9.17, 15) is 61.0 Å². The van der Waals surface area contributed by atoms with Crippen LogP contribution in [0.4, 0.5) is 0 Å². The molecule has 17 atom stereocenters. The van der Waals surface area contributed by atoms with E-state index in [0.717, 1.165) is 51.4 Å². The van der Waals surface area contributed by atoms with Crippen LogP contribution in [0.15, 0.2) is 24.3 Å². The summed E-state index contributed by atoms with van der Waals surface area (Å²) >= 11 is 0. The first kappa shape index (κ1) is 70.5. The van der Waals surface area contributed by atoms with Gasteiger partial charge < -0.3 is 89.9 Å². The van der Waals surface area contributed by atoms with Crippen molar-refractivity contribution < 1.29 is 89.4 Å². The molecule has 1 amide bonds. The number of carbonyl (C=O) groups is 1. The van der Waals surface area contributed by atoms with Crippen molar-refractivity contribution in [2.75, 3.05) is 26.4 Å². The van der Waals surface area contributed by atoms with Gasteiger partial charge in [0.05, 0.1) is 38.6 Å². The molecule has 3 heterocycles. The lowest BCUT2D eigenvalue weighted by Gasteiger charge is -2.48. The van der Waals surface area contributed by atoms with Gasteiger partial charge in [-0.2, -0.15) is 0 Å². The molecule has 12 N–H and O–H groups in total. The highest BCUT2D eigenvalue weighted by Gasteiger charge is 2.53. The molecule has 0 spiro atoms. The van der Waals surface area contributed by atoms with E-state index in [-0.39, 0.29) is 18.9 Å². The Bertz CT molecular complexity index is 1530. The van der Waals surface area contributed by atoms with Gasteiger partial charge in [-0.25, -0.2) is 0 Å². The number of unbranched alkanes of at least 4 members (excludes halogenated alkanes) is 27. The van der Waals surface area contributed by atoms with Crippen LogP contribution in [0, 0.1) is 0 Å². The van der Waals surface area contributed by atoms with Crippen molar-refractivity contribution in [3.63, 3.8) is 0 Å². The van der Waals surface area contributed by atoms with Gasteiger partial charge >= 0.3 is 0 Å². The molecule has 17 unspecified atom stereocenters. The van der Waals surface area contributed by atoms with E-state index < -0.39 is 124 Å². The van der Waals surface area contributed by atoms with Gasteiger partial charge in [-0.1, -0.05) is 186 Å². The van der Waals surface area contributed by atoms with Crippen LogP contribution in [0.5, 0.6) is 0 Å². The van der Waals surface area contributed by atoms with Crippen LogP contribution >= 0.6 is 0 Å². The van der Waals surface area contributed by atoms with Crippen molar-refractivity contribution in [2.45, 2.75) is 317 Å². The minimum absolute atomic E-state index is 0.243. The Morgan fingerprint density at radius 1 is 0.449 bits per heavy atom. The summed E-state index contributed by atoms with van der Waals surface area (Å²) in [6.45, 7) is 1.71. The predicted octanol–water partition coefficient (Wildman–Crippen LogP) is 5.54. The first-order valence-electron chi connectivity index (χ1n) is 30.6. The molecule has 3 saturated heterocycles. The van der Waals surface area contributed by atoms with E-state index in [1.54, 1.807) is 6.08 Å². The highest BCUT2D eigenvalue weighted by Crippen LogP contribution is 2.33. The molecular formula is C59H109NO18. The van der Waals surface area contributed by atoms with Gasteiger partial charge in [-0.3, -0.25) is 4.79 Å². The van der Waals surface area contributed by atoms with Crippen LogP contribution in [0.2, 0.25) is 0 Å². The Labute approximate surface area is 467 Å². The monoisotopic (exact) mass is 1120 g/mol. The third-order valence-electron chi connectivity index (χ3n) is 15.5. The number of nitrogens with one attached hydrogen (secondary N) is 1. The predicted molar refractivity (Wildman–Crippen MR) is 296 cm³/mol. The molecule has 3 aliphatic rings. The summed E-state index contributed by atoms with van der Waals surface area (Å²) in [4.78, 5) is 13.3. The van der Waals surface area contributed by atoms with Gasteiger partial charge in [0.2, 0.25) is 5.91 Å². The maximum atomic E-state index is 13.3. The summed E-state index contributed by atoms with van der Waals surface area (Å²) in [7, 11) is 0. The fraction of sp³-hybridized carbons (Fsp3) is 0.915. The minimum Gasteiger partial charge on any atom is -0.394 e. The van der Waals surface area contributed by atoms with Crippen LogP contribution in [-0.2, 0) is 33.2 Å². The second-order valence-corrected chi connectivity index (χ2v) is 22.2. The highest BCUT2D eigenvalue weighted by atomic mass is 16.8. The maximum absolute atomic E-state index is 13.3. The summed E-state index contributed by atoms with van der Waals surface area (Å²) in [5.41, 5.74) is 0. The van der Waals surface area contributed by atoms with Crippen molar-refractivity contribution in [3.8, 4) is 0 Å². The zero-order chi connectivity index (χ0) is 56.9. The first-order valence-corrected chi connectivity index (χ1v) is 30.6. The summed E-state index contributed by atoms with van der Waals surface area (Å²) in [5, 5.41) is 120. The molecule has 3 rings (SSSR count). The van der Waals surface area contributed by atoms with Crippen LogP contribution < -0.4 is 5.32 Å². The molecule has 458 valence electrons. The van der Waals surface area contributed by atoms with E-state index in [2.05, 4.69) is 31.3 Å². The third kappa shape index (κ3) is 26.7. The molecule has 3 fully saturated rings. The summed E-state index contributed by atoms with van der Waals surface area (Å²) in [5.74, 6) is -0.278. The van der Waals surface area contributed by atoms with Crippen LogP contribution in [0.25, 0.3) is 0 Å². The Balaban J connectivity index is 1.48. The Morgan fingerprint density at radius 2 is 0.808 bits per heavy atom. The van der Waals surface area contributed by atoms with Gasteiger partial charge in [-0.05, 0) is 44.9 Å². The maximum Gasteiger partial charge on any atom is 0.220 e. The number of carbonyl (C=O) groups excluding carboxylic acids is 1. The zero-order valence-electron chi connectivity index (χ0n) is 47.7. The second kappa shape index (κ2) is 43.0. The Hall–Kier alpha value is -1.73. The smallest absolute Gasteiger partial charge is 0.220 e. The molecule has 3 aliphatic heterocycles. The molecule has 0 aromatic carbocycles. The quantitative estimate of drug-likeness (QED) is 0.0263. The fourth-order valence-electron chi connectivity index (χ4n) is 10.4. The molecule has 0 aliphatic carbocycles. The van der Waals surface area contributed by atoms with Crippen LogP contribution in [0.3, 0.4) is 0 Å². The number of hydrogen-bond acceptors (Lipinski definition) is 18. The summed E-state index contributed by atoms with van der Waals surface area (Å²) in [6, 6.07) is -0.970. The molecule has 0 radical (unpaired) electrons. The van der Waals surface area contributed by atoms with Crippen molar-refractivity contribution >= 4 is 5.91 Å². The average molecular weight is 1120 g/mol. The van der Waals surface area contributed by atoms with E-state index >= 15 is 0 Å².